The van der Waals surface area contributed by atoms with E-state index in [-0.39, 0.29) is 23.5 Å². The van der Waals surface area contributed by atoms with Crippen molar-refractivity contribution in [2.45, 2.75) is 50.2 Å². The zero-order valence-corrected chi connectivity index (χ0v) is 17.3. The monoisotopic (exact) mass is 407 g/mol. The van der Waals surface area contributed by atoms with Gasteiger partial charge >= 0.3 is 0 Å². The van der Waals surface area contributed by atoms with Crippen LogP contribution in [0.4, 0.5) is 0 Å². The molecular formula is C24H29N3O3. The van der Waals surface area contributed by atoms with Crippen molar-refractivity contribution in [3.63, 3.8) is 0 Å². The van der Waals surface area contributed by atoms with Crippen molar-refractivity contribution >= 4 is 11.8 Å². The molecule has 1 atom stereocenters. The van der Waals surface area contributed by atoms with Gasteiger partial charge in [0.2, 0.25) is 5.91 Å². The Hall–Kier alpha value is -2.73. The number of hydrogen-bond acceptors (Lipinski definition) is 4. The molecule has 2 saturated heterocycles. The van der Waals surface area contributed by atoms with Crippen LogP contribution in [0, 0.1) is 0 Å². The van der Waals surface area contributed by atoms with Crippen molar-refractivity contribution in [3.05, 3.63) is 66.0 Å². The molecule has 4 rings (SSSR count). The van der Waals surface area contributed by atoms with Crippen molar-refractivity contribution in [2.75, 3.05) is 19.6 Å². The number of carbonyl (C=O) groups is 2. The fourth-order valence-electron chi connectivity index (χ4n) is 4.42. The molecule has 158 valence electrons. The van der Waals surface area contributed by atoms with Gasteiger partial charge in [-0.05, 0) is 49.8 Å². The number of amides is 2. The van der Waals surface area contributed by atoms with Gasteiger partial charge in [0, 0.05) is 44.0 Å². The predicted molar refractivity (Wildman–Crippen MR) is 114 cm³/mol. The zero-order valence-electron chi connectivity index (χ0n) is 17.3. The lowest BCUT2D eigenvalue weighted by Gasteiger charge is -2.39. The van der Waals surface area contributed by atoms with Crippen LogP contribution in [0.3, 0.4) is 0 Å². The molecule has 0 bridgehead atoms. The molecule has 1 aromatic heterocycles. The van der Waals surface area contributed by atoms with Crippen LogP contribution in [0.5, 0.6) is 0 Å². The van der Waals surface area contributed by atoms with Crippen molar-refractivity contribution in [1.82, 2.24) is 15.2 Å². The maximum Gasteiger partial charge on any atom is 0.253 e. The molecule has 1 N–H and O–H groups in total. The fraction of sp³-hybridized carbons (Fsp3) is 0.458. The van der Waals surface area contributed by atoms with Gasteiger partial charge in [0.15, 0.2) is 0 Å². The Labute approximate surface area is 177 Å². The minimum absolute atomic E-state index is 0.0625. The summed E-state index contributed by atoms with van der Waals surface area (Å²) in [6.45, 7) is 1.98. The fourth-order valence-corrected chi connectivity index (χ4v) is 4.42. The molecule has 0 saturated carbocycles. The molecule has 2 fully saturated rings. The maximum absolute atomic E-state index is 12.6. The summed E-state index contributed by atoms with van der Waals surface area (Å²) >= 11 is 0. The van der Waals surface area contributed by atoms with E-state index in [1.165, 1.54) is 5.56 Å². The van der Waals surface area contributed by atoms with Crippen LogP contribution in [0.2, 0.25) is 0 Å². The predicted octanol–water partition coefficient (Wildman–Crippen LogP) is 2.98. The quantitative estimate of drug-likeness (QED) is 0.799. The third-order valence-electron chi connectivity index (χ3n) is 6.24. The van der Waals surface area contributed by atoms with E-state index in [1.54, 1.807) is 24.5 Å². The highest BCUT2D eigenvalue weighted by Gasteiger charge is 2.43. The van der Waals surface area contributed by atoms with Gasteiger partial charge in [-0.15, -0.1) is 0 Å². The van der Waals surface area contributed by atoms with Crippen molar-refractivity contribution < 1.29 is 14.3 Å². The standard InChI is InChI=1S/C24H29N3O3/c28-22(7-6-19-4-2-1-3-5-19)26-18-21-8-11-24(30-21)12-16-27(17-13-24)23(29)20-9-14-25-15-10-20/h1-5,9-10,14-15,21H,6-8,11-13,16-18H2,(H,26,28)/t21-/m1/s1. The lowest BCUT2D eigenvalue weighted by molar-refractivity contribution is -0.122. The van der Waals surface area contributed by atoms with Gasteiger partial charge < -0.3 is 15.0 Å². The van der Waals surface area contributed by atoms with Crippen LogP contribution in [0.25, 0.3) is 0 Å². The summed E-state index contributed by atoms with van der Waals surface area (Å²) in [4.78, 5) is 30.7. The number of piperidine rings is 1. The Morgan fingerprint density at radius 2 is 1.80 bits per heavy atom. The minimum atomic E-state index is -0.144. The van der Waals surface area contributed by atoms with E-state index in [2.05, 4.69) is 10.3 Å². The average Bonchev–Trinajstić information content (AvgIpc) is 3.20. The van der Waals surface area contributed by atoms with Gasteiger partial charge in [-0.25, -0.2) is 0 Å². The summed E-state index contributed by atoms with van der Waals surface area (Å²) in [7, 11) is 0. The molecule has 0 aliphatic carbocycles. The lowest BCUT2D eigenvalue weighted by Crippen LogP contribution is -2.47. The summed E-state index contributed by atoms with van der Waals surface area (Å²) in [6.07, 6.45) is 8.26. The number of rotatable bonds is 6. The summed E-state index contributed by atoms with van der Waals surface area (Å²) < 4.78 is 6.37. The molecule has 3 heterocycles. The molecule has 6 nitrogen and oxygen atoms in total. The Bertz CT molecular complexity index is 849. The smallest absolute Gasteiger partial charge is 0.253 e. The average molecular weight is 408 g/mol. The maximum atomic E-state index is 12.6. The van der Waals surface area contributed by atoms with Crippen molar-refractivity contribution in [2.24, 2.45) is 0 Å². The third-order valence-corrected chi connectivity index (χ3v) is 6.24. The number of carbonyl (C=O) groups excluding carboxylic acids is 2. The first kappa shape index (κ1) is 20.5. The minimum Gasteiger partial charge on any atom is -0.370 e. The first-order valence-electron chi connectivity index (χ1n) is 10.8. The second-order valence-electron chi connectivity index (χ2n) is 8.28. The zero-order chi connectivity index (χ0) is 20.8. The van der Waals surface area contributed by atoms with Crippen LogP contribution in [-0.2, 0) is 16.0 Å². The Balaban J connectivity index is 1.19. The molecule has 2 aliphatic heterocycles. The van der Waals surface area contributed by atoms with Gasteiger partial charge in [0.05, 0.1) is 11.7 Å². The second kappa shape index (κ2) is 9.39. The highest BCUT2D eigenvalue weighted by molar-refractivity contribution is 5.94. The first-order chi connectivity index (χ1) is 14.6. The van der Waals surface area contributed by atoms with E-state index in [0.717, 1.165) is 32.1 Å². The van der Waals surface area contributed by atoms with Crippen molar-refractivity contribution in [3.8, 4) is 0 Å². The van der Waals surface area contributed by atoms with Gasteiger partial charge in [-0.1, -0.05) is 30.3 Å². The molecule has 6 heteroatoms. The number of aryl methyl sites for hydroxylation is 1. The number of hydrogen-bond donors (Lipinski definition) is 1. The number of likely N-dealkylation sites (tertiary alicyclic amines) is 1. The number of nitrogens with zero attached hydrogens (tertiary/aromatic N) is 2. The normalized spacial score (nSPS) is 20.3. The van der Waals surface area contributed by atoms with Crippen LogP contribution >= 0.6 is 0 Å². The molecule has 2 aromatic rings. The lowest BCUT2D eigenvalue weighted by atomic mass is 9.88. The highest BCUT2D eigenvalue weighted by atomic mass is 16.5. The van der Waals surface area contributed by atoms with Crippen LogP contribution in [-0.4, -0.2) is 53.0 Å². The van der Waals surface area contributed by atoms with E-state index < -0.39 is 0 Å². The summed E-state index contributed by atoms with van der Waals surface area (Å²) in [5.41, 5.74) is 1.72. The van der Waals surface area contributed by atoms with E-state index in [0.29, 0.717) is 31.6 Å². The second-order valence-corrected chi connectivity index (χ2v) is 8.28. The molecule has 0 radical (unpaired) electrons. The summed E-state index contributed by atoms with van der Waals surface area (Å²) in [5.74, 6) is 0.133. The van der Waals surface area contributed by atoms with Gasteiger partial charge in [-0.2, -0.15) is 0 Å². The number of aromatic nitrogens is 1. The van der Waals surface area contributed by atoms with Gasteiger partial charge in [0.25, 0.3) is 5.91 Å². The van der Waals surface area contributed by atoms with E-state index >= 15 is 0 Å². The van der Waals surface area contributed by atoms with Crippen LogP contribution in [0.15, 0.2) is 54.9 Å². The largest absolute Gasteiger partial charge is 0.370 e. The molecular weight excluding hydrogens is 378 g/mol. The third kappa shape index (κ3) is 5.05. The van der Waals surface area contributed by atoms with E-state index in [9.17, 15) is 9.59 Å². The molecule has 0 unspecified atom stereocenters. The molecule has 2 aliphatic rings. The van der Waals surface area contributed by atoms with Crippen molar-refractivity contribution in [1.29, 1.82) is 0 Å². The van der Waals surface area contributed by atoms with Gasteiger partial charge in [0.1, 0.15) is 0 Å². The van der Waals surface area contributed by atoms with Crippen LogP contribution < -0.4 is 5.32 Å². The Morgan fingerprint density at radius 1 is 1.07 bits per heavy atom. The van der Waals surface area contributed by atoms with Gasteiger partial charge in [-0.3, -0.25) is 14.6 Å². The first-order valence-corrected chi connectivity index (χ1v) is 10.8. The van der Waals surface area contributed by atoms with E-state index in [1.807, 2.05) is 35.2 Å². The van der Waals surface area contributed by atoms with E-state index in [4.69, 9.17) is 4.74 Å². The van der Waals surface area contributed by atoms with Crippen LogP contribution in [0.1, 0.15) is 48.0 Å². The topological polar surface area (TPSA) is 71.5 Å². The number of nitrogens with one attached hydrogen (secondary N) is 1. The Morgan fingerprint density at radius 3 is 2.53 bits per heavy atom. The number of benzene rings is 1. The molecule has 1 aromatic carbocycles. The SMILES string of the molecule is O=C(CCc1ccccc1)NC[C@H]1CCC2(CCN(C(=O)c3ccncc3)CC2)O1. The molecule has 30 heavy (non-hydrogen) atoms. The summed E-state index contributed by atoms with van der Waals surface area (Å²) in [5, 5.41) is 3.03. The molecule has 1 spiro atoms. The number of pyridine rings is 1. The Kier molecular flexibility index (Phi) is 6.43. The summed E-state index contributed by atoms with van der Waals surface area (Å²) in [6, 6.07) is 13.6. The molecule has 2 amide bonds. The highest BCUT2D eigenvalue weighted by Crippen LogP contribution is 2.39. The number of ether oxygens (including phenoxy) is 1.